The molecule has 3 amide bonds. The first-order valence-electron chi connectivity index (χ1n) is 8.70. The zero-order valence-electron chi connectivity index (χ0n) is 15.6. The first-order valence-corrected chi connectivity index (χ1v) is 10.5. The Hall–Kier alpha value is -2.65. The molecule has 0 spiro atoms. The molecule has 0 saturated heterocycles. The van der Waals surface area contributed by atoms with Crippen LogP contribution in [0.5, 0.6) is 0 Å². The van der Waals surface area contributed by atoms with Gasteiger partial charge in [-0.2, -0.15) is 0 Å². The Balaban J connectivity index is 1.93. The zero-order valence-corrected chi connectivity index (χ0v) is 17.3. The van der Waals surface area contributed by atoms with E-state index in [0.29, 0.717) is 21.1 Å². The molecule has 2 heterocycles. The lowest BCUT2D eigenvalue weighted by atomic mass is 10.3. The summed E-state index contributed by atoms with van der Waals surface area (Å²) in [7, 11) is 0. The predicted molar refractivity (Wildman–Crippen MR) is 112 cm³/mol. The van der Waals surface area contributed by atoms with Gasteiger partial charge in [-0.3, -0.25) is 19.5 Å². The maximum absolute atomic E-state index is 13.0. The number of thioether (sulfide) groups is 1. The molecule has 0 aliphatic carbocycles. The lowest BCUT2D eigenvalue weighted by Gasteiger charge is -2.16. The van der Waals surface area contributed by atoms with E-state index in [9.17, 15) is 14.4 Å². The van der Waals surface area contributed by atoms with Crippen LogP contribution in [0.25, 0.3) is 15.9 Å². The molecule has 3 aromatic rings. The normalized spacial score (nSPS) is 12.1. The van der Waals surface area contributed by atoms with Gasteiger partial charge in [0.05, 0.1) is 16.3 Å². The van der Waals surface area contributed by atoms with Gasteiger partial charge in [-0.25, -0.2) is 9.78 Å². The molecule has 2 N–H and O–H groups in total. The van der Waals surface area contributed by atoms with E-state index in [4.69, 9.17) is 0 Å². The smallest absolute Gasteiger partial charge is 0.321 e. The number of carbonyl (C=O) groups excluding carboxylic acids is 2. The minimum atomic E-state index is -0.628. The van der Waals surface area contributed by atoms with E-state index in [-0.39, 0.29) is 11.6 Å². The second-order valence-corrected chi connectivity index (χ2v) is 8.59. The topological polar surface area (TPSA) is 93.1 Å². The summed E-state index contributed by atoms with van der Waals surface area (Å²) in [5, 5.41) is 7.05. The average molecular weight is 417 g/mol. The largest absolute Gasteiger partial charge is 0.336 e. The second-order valence-electron chi connectivity index (χ2n) is 6.39. The van der Waals surface area contributed by atoms with Crippen molar-refractivity contribution in [2.75, 3.05) is 0 Å². The van der Waals surface area contributed by atoms with Crippen molar-refractivity contribution in [2.45, 2.75) is 37.2 Å². The molecule has 0 radical (unpaired) electrons. The first kappa shape index (κ1) is 20.1. The Kier molecular flexibility index (Phi) is 6.15. The van der Waals surface area contributed by atoms with Gasteiger partial charge < -0.3 is 5.32 Å². The number of fused-ring (bicyclic) bond motifs is 1. The average Bonchev–Trinajstić information content (AvgIpc) is 3.10. The zero-order chi connectivity index (χ0) is 20.3. The number of thiophene rings is 1. The molecule has 0 unspecified atom stereocenters. The van der Waals surface area contributed by atoms with Gasteiger partial charge in [0.1, 0.15) is 4.83 Å². The number of nitrogens with zero attached hydrogens (tertiary/aromatic N) is 2. The number of urea groups is 1. The van der Waals surface area contributed by atoms with Crippen LogP contribution in [0.4, 0.5) is 4.79 Å². The van der Waals surface area contributed by atoms with Gasteiger partial charge in [0.2, 0.25) is 5.91 Å². The van der Waals surface area contributed by atoms with Gasteiger partial charge in [-0.05, 0) is 44.4 Å². The van der Waals surface area contributed by atoms with Gasteiger partial charge in [-0.1, -0.05) is 30.0 Å². The van der Waals surface area contributed by atoms with E-state index in [1.807, 2.05) is 35.7 Å². The summed E-state index contributed by atoms with van der Waals surface area (Å²) < 4.78 is 1.50. The third-order valence-electron chi connectivity index (χ3n) is 3.79. The van der Waals surface area contributed by atoms with E-state index in [1.165, 1.54) is 15.9 Å². The van der Waals surface area contributed by atoms with Gasteiger partial charge >= 0.3 is 6.03 Å². The van der Waals surface area contributed by atoms with Crippen LogP contribution in [0.1, 0.15) is 20.8 Å². The number of hydrogen-bond acceptors (Lipinski definition) is 6. The van der Waals surface area contributed by atoms with E-state index in [0.717, 1.165) is 11.8 Å². The van der Waals surface area contributed by atoms with E-state index < -0.39 is 17.2 Å². The fraction of sp³-hybridized carbons (Fsp3) is 0.263. The summed E-state index contributed by atoms with van der Waals surface area (Å²) in [6.07, 6.45) is 0. The highest BCUT2D eigenvalue weighted by atomic mass is 32.2. The Morgan fingerprint density at radius 1 is 1.14 bits per heavy atom. The molecule has 0 aliphatic rings. The summed E-state index contributed by atoms with van der Waals surface area (Å²) in [5.41, 5.74) is 0.478. The first-order chi connectivity index (χ1) is 13.4. The van der Waals surface area contributed by atoms with Gasteiger partial charge in [0, 0.05) is 6.04 Å². The number of benzene rings is 1. The highest BCUT2D eigenvalue weighted by molar-refractivity contribution is 8.00. The van der Waals surface area contributed by atoms with Crippen LogP contribution < -0.4 is 16.2 Å². The summed E-state index contributed by atoms with van der Waals surface area (Å²) in [6, 6.07) is 10.3. The Morgan fingerprint density at radius 2 is 1.86 bits per heavy atom. The van der Waals surface area contributed by atoms with Crippen molar-refractivity contribution in [1.82, 2.24) is 20.2 Å². The van der Waals surface area contributed by atoms with Crippen LogP contribution in [0.3, 0.4) is 0 Å². The lowest BCUT2D eigenvalue weighted by molar-refractivity contribution is -0.119. The lowest BCUT2D eigenvalue weighted by Crippen LogP contribution is -2.45. The van der Waals surface area contributed by atoms with Crippen LogP contribution in [0, 0.1) is 0 Å². The fourth-order valence-corrected chi connectivity index (χ4v) is 4.23. The molecular formula is C19H20N4O3S2. The molecule has 7 nitrogen and oxygen atoms in total. The van der Waals surface area contributed by atoms with Crippen molar-refractivity contribution in [3.63, 3.8) is 0 Å². The second kappa shape index (κ2) is 8.57. The molecule has 0 fully saturated rings. The monoisotopic (exact) mass is 416 g/mol. The summed E-state index contributed by atoms with van der Waals surface area (Å²) >= 11 is 2.50. The molecule has 28 heavy (non-hydrogen) atoms. The number of nitrogens with one attached hydrogen (secondary N) is 2. The molecule has 2 aromatic heterocycles. The molecule has 3 rings (SSSR count). The molecule has 0 aliphatic heterocycles. The third kappa shape index (κ3) is 4.42. The maximum atomic E-state index is 13.0. The van der Waals surface area contributed by atoms with Crippen LogP contribution in [-0.2, 0) is 4.79 Å². The molecule has 9 heteroatoms. The summed E-state index contributed by atoms with van der Waals surface area (Å²) in [5.74, 6) is -0.455. The molecule has 0 saturated carbocycles. The Bertz CT molecular complexity index is 1060. The van der Waals surface area contributed by atoms with E-state index in [2.05, 4.69) is 15.6 Å². The summed E-state index contributed by atoms with van der Waals surface area (Å²) in [4.78, 5) is 42.4. The maximum Gasteiger partial charge on any atom is 0.321 e. The number of imide groups is 1. The Morgan fingerprint density at radius 3 is 2.54 bits per heavy atom. The molecule has 1 atom stereocenters. The predicted octanol–water partition coefficient (Wildman–Crippen LogP) is 3.16. The quantitative estimate of drug-likeness (QED) is 0.492. The van der Waals surface area contributed by atoms with Crippen molar-refractivity contribution in [3.8, 4) is 5.69 Å². The fourth-order valence-electron chi connectivity index (χ4n) is 2.50. The van der Waals surface area contributed by atoms with E-state index >= 15 is 0 Å². The van der Waals surface area contributed by atoms with Crippen LogP contribution in [0.15, 0.2) is 51.7 Å². The molecule has 1 aromatic carbocycles. The number of para-hydroxylation sites is 1. The van der Waals surface area contributed by atoms with Crippen molar-refractivity contribution >= 4 is 45.3 Å². The number of amides is 3. The minimum Gasteiger partial charge on any atom is -0.336 e. The minimum absolute atomic E-state index is 0.0816. The third-order valence-corrected chi connectivity index (χ3v) is 5.65. The van der Waals surface area contributed by atoms with Gasteiger partial charge in [0.25, 0.3) is 5.56 Å². The van der Waals surface area contributed by atoms with Gasteiger partial charge in [0.15, 0.2) is 5.16 Å². The summed E-state index contributed by atoms with van der Waals surface area (Å²) in [6.45, 7) is 5.28. The van der Waals surface area contributed by atoms with Crippen LogP contribution in [0.2, 0.25) is 0 Å². The Labute approximate surface area is 170 Å². The highest BCUT2D eigenvalue weighted by Crippen LogP contribution is 2.26. The van der Waals surface area contributed by atoms with Crippen molar-refractivity contribution in [2.24, 2.45) is 0 Å². The molecule has 146 valence electrons. The molecular weight excluding hydrogens is 396 g/mol. The SMILES string of the molecule is CC(C)NC(=O)NC(=O)[C@H](C)Sc1nc2sccc2c(=O)n1-c1ccccc1. The number of rotatable bonds is 5. The number of carbonyl (C=O) groups is 2. The van der Waals surface area contributed by atoms with Crippen molar-refractivity contribution in [3.05, 3.63) is 52.1 Å². The van der Waals surface area contributed by atoms with Crippen molar-refractivity contribution < 1.29 is 9.59 Å². The van der Waals surface area contributed by atoms with Crippen molar-refractivity contribution in [1.29, 1.82) is 0 Å². The highest BCUT2D eigenvalue weighted by Gasteiger charge is 2.22. The standard InChI is InChI=1S/C19H20N4O3S2/c1-11(2)20-18(26)21-15(24)12(3)28-19-22-16-14(9-10-27-16)17(25)23(19)13-7-5-4-6-8-13/h4-12H,1-3H3,(H2,20,21,24,26)/t12-/m0/s1. The van der Waals surface area contributed by atoms with Crippen LogP contribution in [-0.4, -0.2) is 32.8 Å². The number of hydrogen-bond donors (Lipinski definition) is 2. The molecule has 0 bridgehead atoms. The van der Waals surface area contributed by atoms with E-state index in [1.54, 1.807) is 26.8 Å². The van der Waals surface area contributed by atoms with Gasteiger partial charge in [-0.15, -0.1) is 11.3 Å². The number of aromatic nitrogens is 2. The van der Waals surface area contributed by atoms with Crippen LogP contribution >= 0.6 is 23.1 Å².